The average molecular weight is 372 g/mol. The normalized spacial score (nSPS) is 14.2. The summed E-state index contributed by atoms with van der Waals surface area (Å²) in [5, 5.41) is 10.8. The molecule has 8 heteroatoms. The molecule has 1 aliphatic rings. The van der Waals surface area contributed by atoms with Crippen molar-refractivity contribution in [3.63, 3.8) is 0 Å². The fraction of sp³-hybridized carbons (Fsp3) is 0.111. The largest absolute Gasteiger partial charge is 0.336 e. The van der Waals surface area contributed by atoms with Crippen LogP contribution in [0.2, 0.25) is 0 Å². The van der Waals surface area contributed by atoms with Crippen LogP contribution in [-0.4, -0.2) is 23.3 Å². The van der Waals surface area contributed by atoms with Crippen molar-refractivity contribution in [3.05, 3.63) is 75.4 Å². The van der Waals surface area contributed by atoms with Gasteiger partial charge in [0.2, 0.25) is 0 Å². The fourth-order valence-corrected chi connectivity index (χ4v) is 3.05. The number of nitrogens with zero attached hydrogens (tertiary/aromatic N) is 3. The van der Waals surface area contributed by atoms with E-state index in [1.807, 2.05) is 25.1 Å². The van der Waals surface area contributed by atoms with Crippen molar-refractivity contribution in [2.45, 2.75) is 6.92 Å². The smallest absolute Gasteiger partial charge is 0.283 e. The number of nitro benzene ring substituents is 1. The summed E-state index contributed by atoms with van der Waals surface area (Å²) < 4.78 is 0. The van der Waals surface area contributed by atoms with Crippen LogP contribution < -0.4 is 9.80 Å². The molecule has 2 aromatic carbocycles. The summed E-state index contributed by atoms with van der Waals surface area (Å²) in [6.45, 7) is 2.25. The molecule has 0 saturated carbocycles. The minimum atomic E-state index is -0.707. The number of amides is 2. The van der Waals surface area contributed by atoms with Gasteiger partial charge in [-0.05, 0) is 25.1 Å². The number of hydrogen-bond donors (Lipinski definition) is 0. The van der Waals surface area contributed by atoms with Crippen molar-refractivity contribution < 1.29 is 14.5 Å². The number of halogens is 1. The molecule has 0 saturated heterocycles. The van der Waals surface area contributed by atoms with Crippen LogP contribution in [0.1, 0.15) is 6.92 Å². The van der Waals surface area contributed by atoms with Crippen LogP contribution in [0.5, 0.6) is 0 Å². The Bertz CT molecular complexity index is 927. The van der Waals surface area contributed by atoms with Gasteiger partial charge in [0.15, 0.2) is 0 Å². The van der Waals surface area contributed by atoms with E-state index in [0.717, 1.165) is 4.90 Å². The zero-order valence-corrected chi connectivity index (χ0v) is 14.5. The Balaban J connectivity index is 2.02. The average Bonchev–Trinajstić information content (AvgIpc) is 2.87. The second-order valence-corrected chi connectivity index (χ2v) is 5.84. The van der Waals surface area contributed by atoms with Gasteiger partial charge in [-0.3, -0.25) is 19.7 Å². The third kappa shape index (κ3) is 2.93. The summed E-state index contributed by atoms with van der Waals surface area (Å²) in [5.74, 6) is -1.33. The minimum Gasteiger partial charge on any atom is -0.336 e. The molecular weight excluding hydrogens is 358 g/mol. The first-order valence-electron chi connectivity index (χ1n) is 7.81. The first-order chi connectivity index (χ1) is 12.5. The summed E-state index contributed by atoms with van der Waals surface area (Å²) in [4.78, 5) is 38.4. The number of likely N-dealkylation sites (N-methyl/N-ethyl adjacent to an activating group) is 1. The van der Waals surface area contributed by atoms with Crippen LogP contribution in [0.4, 0.5) is 17.1 Å². The maximum atomic E-state index is 12.9. The highest BCUT2D eigenvalue weighted by atomic mass is 35.5. The lowest BCUT2D eigenvalue weighted by Gasteiger charge is -2.24. The number of anilines is 2. The second kappa shape index (κ2) is 6.97. The summed E-state index contributed by atoms with van der Waals surface area (Å²) >= 11 is 6.19. The molecule has 1 aliphatic heterocycles. The number of carbonyl (C=O) groups excluding carboxylic acids is 2. The van der Waals surface area contributed by atoms with Gasteiger partial charge < -0.3 is 4.90 Å². The molecule has 26 heavy (non-hydrogen) atoms. The van der Waals surface area contributed by atoms with Crippen LogP contribution in [0.15, 0.2) is 65.3 Å². The highest BCUT2D eigenvalue weighted by Gasteiger charge is 2.41. The van der Waals surface area contributed by atoms with E-state index in [1.165, 1.54) is 24.3 Å². The zero-order chi connectivity index (χ0) is 18.8. The molecule has 0 aromatic heterocycles. The van der Waals surface area contributed by atoms with Crippen molar-refractivity contribution in [2.24, 2.45) is 0 Å². The maximum absolute atomic E-state index is 12.9. The maximum Gasteiger partial charge on any atom is 0.283 e. The van der Waals surface area contributed by atoms with Gasteiger partial charge in [0.25, 0.3) is 17.5 Å². The number of imide groups is 1. The Hall–Kier alpha value is -3.19. The molecule has 2 amide bonds. The molecule has 0 aliphatic carbocycles. The Morgan fingerprint density at radius 1 is 1.08 bits per heavy atom. The predicted molar refractivity (Wildman–Crippen MR) is 97.9 cm³/mol. The molecule has 2 aromatic rings. The number of non-ortho nitro benzene ring substituents is 1. The second-order valence-electron chi connectivity index (χ2n) is 5.47. The van der Waals surface area contributed by atoms with Crippen LogP contribution in [-0.2, 0) is 9.59 Å². The van der Waals surface area contributed by atoms with Crippen molar-refractivity contribution in [1.82, 2.24) is 0 Å². The van der Waals surface area contributed by atoms with Gasteiger partial charge in [-0.25, -0.2) is 4.90 Å². The molecule has 0 spiro atoms. The number of carbonyl (C=O) groups is 2. The van der Waals surface area contributed by atoms with Crippen LogP contribution in [0.3, 0.4) is 0 Å². The van der Waals surface area contributed by atoms with Gasteiger partial charge in [-0.15, -0.1) is 0 Å². The molecule has 0 unspecified atom stereocenters. The van der Waals surface area contributed by atoms with Crippen LogP contribution >= 0.6 is 11.6 Å². The zero-order valence-electron chi connectivity index (χ0n) is 13.8. The molecular formula is C18H14ClN3O4. The number of rotatable bonds is 5. The topological polar surface area (TPSA) is 83.8 Å². The number of nitro groups is 1. The molecule has 0 radical (unpaired) electrons. The molecule has 1 heterocycles. The van der Waals surface area contributed by atoms with Gasteiger partial charge in [0.1, 0.15) is 10.7 Å². The van der Waals surface area contributed by atoms with Gasteiger partial charge >= 0.3 is 0 Å². The minimum absolute atomic E-state index is 0.0527. The third-order valence-corrected chi connectivity index (χ3v) is 4.30. The molecule has 0 atom stereocenters. The Morgan fingerprint density at radius 3 is 2.38 bits per heavy atom. The molecule has 0 bridgehead atoms. The highest BCUT2D eigenvalue weighted by molar-refractivity contribution is 6.53. The van der Waals surface area contributed by atoms with E-state index in [2.05, 4.69) is 0 Å². The monoisotopic (exact) mass is 371 g/mol. The van der Waals surface area contributed by atoms with Crippen LogP contribution in [0.25, 0.3) is 0 Å². The summed E-state index contributed by atoms with van der Waals surface area (Å²) in [6.07, 6.45) is 0. The summed E-state index contributed by atoms with van der Waals surface area (Å²) in [5.41, 5.74) is 0.650. The van der Waals surface area contributed by atoms with Crippen LogP contribution in [0, 0.1) is 10.1 Å². The third-order valence-electron chi connectivity index (χ3n) is 3.96. The lowest BCUT2D eigenvalue weighted by Crippen LogP contribution is -2.35. The Morgan fingerprint density at radius 2 is 1.77 bits per heavy atom. The SMILES string of the molecule is CCN(C1=C(Cl)C(=O)N(c2cccc([N+](=O)[O-])c2)C1=O)c1ccccc1. The standard InChI is InChI=1S/C18H14ClN3O4/c1-2-20(12-7-4-3-5-8-12)16-15(19)17(23)21(18(16)24)13-9-6-10-14(11-13)22(25)26/h3-11H,2H2,1H3. The van der Waals surface area contributed by atoms with E-state index in [0.29, 0.717) is 12.2 Å². The number of benzene rings is 2. The van der Waals surface area contributed by atoms with E-state index >= 15 is 0 Å². The summed E-state index contributed by atoms with van der Waals surface area (Å²) in [7, 11) is 0. The van der Waals surface area contributed by atoms with E-state index in [4.69, 9.17) is 11.6 Å². The highest BCUT2D eigenvalue weighted by Crippen LogP contribution is 2.34. The predicted octanol–water partition coefficient (Wildman–Crippen LogP) is 3.44. The first kappa shape index (κ1) is 17.6. The number of hydrogen-bond acceptors (Lipinski definition) is 5. The van der Waals surface area contributed by atoms with E-state index in [9.17, 15) is 19.7 Å². The molecule has 7 nitrogen and oxygen atoms in total. The van der Waals surface area contributed by atoms with E-state index in [1.54, 1.807) is 17.0 Å². The van der Waals surface area contributed by atoms with Crippen molar-refractivity contribution in [3.8, 4) is 0 Å². The first-order valence-corrected chi connectivity index (χ1v) is 8.19. The van der Waals surface area contributed by atoms with Crippen molar-refractivity contribution >= 4 is 40.5 Å². The number of para-hydroxylation sites is 1. The fourth-order valence-electron chi connectivity index (χ4n) is 2.78. The van der Waals surface area contributed by atoms with E-state index in [-0.39, 0.29) is 22.1 Å². The molecule has 3 rings (SSSR count). The summed E-state index contributed by atoms with van der Waals surface area (Å²) in [6, 6.07) is 14.4. The molecule has 0 N–H and O–H groups in total. The molecule has 132 valence electrons. The van der Waals surface area contributed by atoms with Gasteiger partial charge in [-0.1, -0.05) is 35.9 Å². The lowest BCUT2D eigenvalue weighted by molar-refractivity contribution is -0.384. The Labute approximate surface area is 154 Å². The van der Waals surface area contributed by atoms with Gasteiger partial charge in [0, 0.05) is 24.4 Å². The quantitative estimate of drug-likeness (QED) is 0.456. The van der Waals surface area contributed by atoms with Gasteiger partial charge in [0.05, 0.1) is 10.6 Å². The van der Waals surface area contributed by atoms with Gasteiger partial charge in [-0.2, -0.15) is 0 Å². The van der Waals surface area contributed by atoms with E-state index < -0.39 is 16.7 Å². The lowest BCUT2D eigenvalue weighted by atomic mass is 10.2. The van der Waals surface area contributed by atoms with Crippen molar-refractivity contribution in [2.75, 3.05) is 16.3 Å². The molecule has 0 fully saturated rings. The Kier molecular flexibility index (Phi) is 4.73. The van der Waals surface area contributed by atoms with Crippen molar-refractivity contribution in [1.29, 1.82) is 0 Å².